The average molecular weight is 871 g/mol. The van der Waals surface area contributed by atoms with E-state index >= 15 is 0 Å². The second-order valence-electron chi connectivity index (χ2n) is 25.4. The van der Waals surface area contributed by atoms with Gasteiger partial charge in [-0.1, -0.05) is 171 Å². The molecule has 3 heterocycles. The minimum Gasteiger partial charge on any atom is -0.468 e. The van der Waals surface area contributed by atoms with Gasteiger partial charge in [0.2, 0.25) is 0 Å². The highest BCUT2D eigenvalue weighted by atomic mass is 16.3. The summed E-state index contributed by atoms with van der Waals surface area (Å²) in [5.74, 6) is 0. The summed E-state index contributed by atoms with van der Waals surface area (Å²) in [4.78, 5) is 5.24. The van der Waals surface area contributed by atoms with Crippen molar-refractivity contribution in [2.24, 2.45) is 0 Å². The van der Waals surface area contributed by atoms with Gasteiger partial charge in [0.05, 0.1) is 17.0 Å². The van der Waals surface area contributed by atoms with Crippen molar-refractivity contribution in [3.63, 3.8) is 0 Å². The number of anilines is 6. The molecule has 3 aliphatic rings. The van der Waals surface area contributed by atoms with E-state index < -0.39 is 0 Å². The lowest BCUT2D eigenvalue weighted by molar-refractivity contribution is 0.332. The van der Waals surface area contributed by atoms with E-state index in [-0.39, 0.29) is 39.2 Å². The Bertz CT molecular complexity index is 3060. The smallest absolute Gasteiger partial charge is 0.297 e. The van der Waals surface area contributed by atoms with E-state index in [4.69, 9.17) is 4.42 Å². The van der Waals surface area contributed by atoms with Crippen LogP contribution in [0.4, 0.5) is 34.1 Å². The van der Waals surface area contributed by atoms with Crippen molar-refractivity contribution >= 4 is 68.4 Å². The zero-order valence-electron chi connectivity index (χ0n) is 42.8. The Morgan fingerprint density at radius 3 is 1.61 bits per heavy atom. The molecule has 66 heavy (non-hydrogen) atoms. The first-order valence-corrected chi connectivity index (χ1v) is 24.6. The third-order valence-corrected chi connectivity index (χ3v) is 15.5. The monoisotopic (exact) mass is 871 g/mol. The van der Waals surface area contributed by atoms with E-state index in [1.807, 2.05) is 0 Å². The molecular formula is C62H71BN2O. The van der Waals surface area contributed by atoms with Crippen LogP contribution in [-0.4, -0.2) is 6.71 Å². The van der Waals surface area contributed by atoms with Gasteiger partial charge in [-0.2, -0.15) is 0 Å². The van der Waals surface area contributed by atoms with Crippen LogP contribution in [0.1, 0.15) is 157 Å². The quantitative estimate of drug-likeness (QED) is 0.165. The number of furan rings is 1. The van der Waals surface area contributed by atoms with Gasteiger partial charge in [0.1, 0.15) is 5.58 Å². The molecule has 0 atom stereocenters. The van der Waals surface area contributed by atoms with Gasteiger partial charge in [0, 0.05) is 33.7 Å². The number of hydrogen-bond donors (Lipinski definition) is 0. The normalized spacial score (nSPS) is 16.5. The van der Waals surface area contributed by atoms with Gasteiger partial charge in [-0.05, 0) is 150 Å². The molecule has 0 fully saturated rings. The maximum Gasteiger partial charge on any atom is 0.297 e. The molecule has 0 spiro atoms. The molecule has 0 bridgehead atoms. The van der Waals surface area contributed by atoms with Gasteiger partial charge in [0.15, 0.2) is 0 Å². The van der Waals surface area contributed by atoms with Crippen LogP contribution >= 0.6 is 0 Å². The summed E-state index contributed by atoms with van der Waals surface area (Å²) in [7, 11) is 0. The average Bonchev–Trinajstić information content (AvgIpc) is 3.62. The van der Waals surface area contributed by atoms with Crippen LogP contribution in [0.5, 0.6) is 0 Å². The minimum absolute atomic E-state index is 0.0130. The molecule has 10 rings (SSSR count). The Labute approximate surface area is 396 Å². The van der Waals surface area contributed by atoms with Gasteiger partial charge in [-0.3, -0.25) is 0 Å². The number of hydrogen-bond acceptors (Lipinski definition) is 3. The van der Waals surface area contributed by atoms with Crippen molar-refractivity contribution in [2.75, 3.05) is 9.80 Å². The van der Waals surface area contributed by atoms with Crippen LogP contribution in [0.2, 0.25) is 0 Å². The van der Waals surface area contributed by atoms with E-state index in [1.54, 1.807) is 0 Å². The van der Waals surface area contributed by atoms with E-state index in [1.165, 1.54) is 83.6 Å². The zero-order valence-corrected chi connectivity index (χ0v) is 42.8. The van der Waals surface area contributed by atoms with Gasteiger partial charge in [-0.15, -0.1) is 0 Å². The SMILES string of the molecule is CC(C)(C)c1ccc(N2c3cc(C(C)(C)C)cc4c3B(c3cc5c(cc3N4c3ccc(C(C)(C)C)cc3-c3ccccc3)C(C)(C)CCC5(C)C)c3oc4ccc(C(C)(C)C)cc4c32)cc1. The summed E-state index contributed by atoms with van der Waals surface area (Å²) < 4.78 is 7.46. The van der Waals surface area contributed by atoms with Crippen LogP contribution in [0.3, 0.4) is 0 Å². The number of rotatable bonds is 3. The molecule has 2 aliphatic heterocycles. The molecule has 1 aromatic heterocycles. The summed E-state index contributed by atoms with van der Waals surface area (Å²) in [5, 5.41) is 1.17. The molecule has 0 unspecified atom stereocenters. The highest BCUT2D eigenvalue weighted by molar-refractivity contribution is 7.00. The van der Waals surface area contributed by atoms with Crippen molar-refractivity contribution in [3.05, 3.63) is 149 Å². The molecule has 0 saturated heterocycles. The molecule has 0 radical (unpaired) electrons. The highest BCUT2D eigenvalue weighted by Crippen LogP contribution is 2.53. The zero-order chi connectivity index (χ0) is 47.3. The van der Waals surface area contributed by atoms with Crippen molar-refractivity contribution in [3.8, 4) is 11.1 Å². The van der Waals surface area contributed by atoms with E-state index in [2.05, 4.69) is 236 Å². The van der Waals surface area contributed by atoms with Crippen molar-refractivity contribution < 1.29 is 4.42 Å². The number of nitrogens with zero attached hydrogens (tertiary/aromatic N) is 2. The summed E-state index contributed by atoms with van der Waals surface area (Å²) in [6.07, 6.45) is 2.29. The summed E-state index contributed by atoms with van der Waals surface area (Å²) in [5.41, 5.74) is 22.2. The third kappa shape index (κ3) is 7.07. The number of fused-ring (bicyclic) bond motifs is 7. The van der Waals surface area contributed by atoms with Gasteiger partial charge >= 0.3 is 0 Å². The van der Waals surface area contributed by atoms with Crippen LogP contribution in [0.25, 0.3) is 22.1 Å². The van der Waals surface area contributed by atoms with E-state index in [9.17, 15) is 0 Å². The molecule has 6 aromatic carbocycles. The maximum absolute atomic E-state index is 7.46. The molecule has 0 saturated carbocycles. The molecule has 338 valence electrons. The molecule has 3 nitrogen and oxygen atoms in total. The summed E-state index contributed by atoms with van der Waals surface area (Å²) in [6, 6.07) is 44.9. The second kappa shape index (κ2) is 14.5. The molecule has 0 amide bonds. The Morgan fingerprint density at radius 1 is 0.485 bits per heavy atom. The molecule has 7 aromatic rings. The lowest BCUT2D eigenvalue weighted by Gasteiger charge is -2.47. The first-order chi connectivity index (χ1) is 30.7. The highest BCUT2D eigenvalue weighted by Gasteiger charge is 2.50. The maximum atomic E-state index is 7.46. The van der Waals surface area contributed by atoms with E-state index in [0.29, 0.717) is 0 Å². The van der Waals surface area contributed by atoms with E-state index in [0.717, 1.165) is 35.5 Å². The molecular weight excluding hydrogens is 800 g/mol. The first-order valence-electron chi connectivity index (χ1n) is 24.6. The number of benzene rings is 6. The van der Waals surface area contributed by atoms with Crippen LogP contribution in [-0.2, 0) is 32.5 Å². The lowest BCUT2D eigenvalue weighted by atomic mass is 9.35. The predicted octanol–water partition coefficient (Wildman–Crippen LogP) is 15.7. The summed E-state index contributed by atoms with van der Waals surface area (Å²) >= 11 is 0. The van der Waals surface area contributed by atoms with Crippen LogP contribution < -0.4 is 26.4 Å². The topological polar surface area (TPSA) is 19.6 Å². The molecule has 0 N–H and O–H groups in total. The minimum atomic E-state index is -0.146. The lowest BCUT2D eigenvalue weighted by Crippen LogP contribution is -2.61. The van der Waals surface area contributed by atoms with Gasteiger partial charge in [0.25, 0.3) is 6.71 Å². The Balaban J connectivity index is 1.39. The first kappa shape index (κ1) is 44.4. The van der Waals surface area contributed by atoms with Gasteiger partial charge < -0.3 is 14.2 Å². The Hall–Kier alpha value is -5.48. The van der Waals surface area contributed by atoms with Crippen molar-refractivity contribution in [1.29, 1.82) is 0 Å². The third-order valence-electron chi connectivity index (χ3n) is 15.5. The molecule has 4 heteroatoms. The summed E-state index contributed by atoms with van der Waals surface area (Å²) in [6.45, 7) is 37.7. The van der Waals surface area contributed by atoms with Crippen molar-refractivity contribution in [2.45, 2.75) is 156 Å². The van der Waals surface area contributed by atoms with Crippen LogP contribution in [0.15, 0.2) is 120 Å². The fraction of sp³-hybridized carbons (Fsp3) is 0.387. The molecule has 1 aliphatic carbocycles. The predicted molar refractivity (Wildman–Crippen MR) is 286 cm³/mol. The Morgan fingerprint density at radius 2 is 1.02 bits per heavy atom. The van der Waals surface area contributed by atoms with Gasteiger partial charge in [-0.25, -0.2) is 0 Å². The van der Waals surface area contributed by atoms with Crippen molar-refractivity contribution in [1.82, 2.24) is 0 Å². The fourth-order valence-corrected chi connectivity index (χ4v) is 11.1. The second-order valence-corrected chi connectivity index (χ2v) is 25.4. The Kier molecular flexibility index (Phi) is 9.76. The fourth-order valence-electron chi connectivity index (χ4n) is 11.1. The largest absolute Gasteiger partial charge is 0.468 e. The van der Waals surface area contributed by atoms with Crippen LogP contribution in [0, 0.1) is 0 Å². The standard InChI is InChI=1S/C62H71BN2O/c1-57(2,3)39-22-26-43(27-23-39)64-51-34-42(60(10,11)12)35-52-54(51)63(56-55(64)45-33-41(59(7,8)9)25-29-53(45)66-56)48-36-46-47(62(15,16)31-30-61(46,13)14)37-50(48)65(52)49-28-24-40(58(4,5)6)32-44(49)38-20-18-17-19-21-38/h17-29,32-37H,30-31H2,1-16H3.